The molecule has 0 aromatic carbocycles. The number of nitrogens with one attached hydrogen (secondary N) is 1. The Morgan fingerprint density at radius 2 is 1.90 bits per heavy atom. The Morgan fingerprint density at radius 3 is 2.60 bits per heavy atom. The zero-order valence-electron chi connectivity index (χ0n) is 11.1. The topological polar surface area (TPSA) is 47.7 Å². The summed E-state index contributed by atoms with van der Waals surface area (Å²) in [6.45, 7) is 2.24. The van der Waals surface area contributed by atoms with Gasteiger partial charge in [-0.3, -0.25) is 9.36 Å². The summed E-state index contributed by atoms with van der Waals surface area (Å²) in [5.41, 5.74) is 1.53. The Bertz CT molecular complexity index is 543. The van der Waals surface area contributed by atoms with Crippen LogP contribution in [-0.4, -0.2) is 25.7 Å². The number of hydrogen-bond donors (Lipinski definition) is 1. The summed E-state index contributed by atoms with van der Waals surface area (Å²) in [7, 11) is 0. The van der Waals surface area contributed by atoms with E-state index in [9.17, 15) is 13.2 Å². The van der Waals surface area contributed by atoms with E-state index in [4.69, 9.17) is 0 Å². The molecule has 0 amide bonds. The quantitative estimate of drug-likeness (QED) is 0.888. The maximum absolute atomic E-state index is 12.2. The van der Waals surface area contributed by atoms with E-state index < -0.39 is 12.7 Å². The van der Waals surface area contributed by atoms with Gasteiger partial charge < -0.3 is 5.32 Å². The molecule has 0 fully saturated rings. The molecular weight excluding hydrogens is 271 g/mol. The number of nitrogens with zero attached hydrogens (tertiary/aromatic N) is 4. The largest absolute Gasteiger partial charge is 0.408 e. The molecule has 0 bridgehead atoms. The molecule has 1 N–H and O–H groups in total. The molecule has 110 valence electrons. The van der Waals surface area contributed by atoms with Gasteiger partial charge in [-0.2, -0.15) is 23.4 Å². The second kappa shape index (κ2) is 5.98. The van der Waals surface area contributed by atoms with Crippen molar-refractivity contribution in [2.45, 2.75) is 39.2 Å². The lowest BCUT2D eigenvalue weighted by Gasteiger charge is -2.05. The third-order valence-electron chi connectivity index (χ3n) is 2.61. The van der Waals surface area contributed by atoms with Gasteiger partial charge in [0, 0.05) is 31.0 Å². The van der Waals surface area contributed by atoms with Crippen molar-refractivity contribution in [2.75, 3.05) is 5.32 Å². The number of hydrogen-bond acceptors (Lipinski definition) is 3. The number of aromatic nitrogens is 4. The first-order valence-corrected chi connectivity index (χ1v) is 6.30. The van der Waals surface area contributed by atoms with Gasteiger partial charge in [-0.25, -0.2) is 0 Å². The molecule has 2 aromatic heterocycles. The predicted octanol–water partition coefficient (Wildman–Crippen LogP) is 2.66. The Balaban J connectivity index is 1.87. The van der Waals surface area contributed by atoms with E-state index in [-0.39, 0.29) is 0 Å². The molecule has 0 unspecified atom stereocenters. The maximum atomic E-state index is 12.2. The zero-order valence-corrected chi connectivity index (χ0v) is 11.1. The highest BCUT2D eigenvalue weighted by molar-refractivity contribution is 5.38. The number of halogens is 3. The first kappa shape index (κ1) is 14.4. The highest BCUT2D eigenvalue weighted by atomic mass is 19.4. The number of alkyl halides is 3. The van der Waals surface area contributed by atoms with Gasteiger partial charge in [0.05, 0.1) is 18.1 Å². The third-order valence-corrected chi connectivity index (χ3v) is 2.61. The van der Waals surface area contributed by atoms with E-state index in [1.165, 1.54) is 12.4 Å². The summed E-state index contributed by atoms with van der Waals surface area (Å²) < 4.78 is 39.3. The van der Waals surface area contributed by atoms with Gasteiger partial charge in [0.2, 0.25) is 0 Å². The Kier molecular flexibility index (Phi) is 4.31. The summed E-state index contributed by atoms with van der Waals surface area (Å²) in [4.78, 5) is 0. The summed E-state index contributed by atoms with van der Waals surface area (Å²) in [5, 5.41) is 10.9. The number of rotatable bonds is 6. The molecule has 0 spiro atoms. The Labute approximate surface area is 114 Å². The van der Waals surface area contributed by atoms with Crippen molar-refractivity contribution in [3.8, 4) is 0 Å². The van der Waals surface area contributed by atoms with Crippen LogP contribution < -0.4 is 5.32 Å². The molecule has 0 saturated carbocycles. The van der Waals surface area contributed by atoms with E-state index in [1.54, 1.807) is 6.20 Å². The molecule has 5 nitrogen and oxygen atoms in total. The van der Waals surface area contributed by atoms with Crippen molar-refractivity contribution >= 4 is 5.69 Å². The van der Waals surface area contributed by atoms with Crippen molar-refractivity contribution in [1.29, 1.82) is 0 Å². The van der Waals surface area contributed by atoms with Gasteiger partial charge in [-0.05, 0) is 6.42 Å². The molecule has 0 saturated heterocycles. The molecule has 0 radical (unpaired) electrons. The van der Waals surface area contributed by atoms with Crippen LogP contribution in [0, 0.1) is 0 Å². The highest BCUT2D eigenvalue weighted by Gasteiger charge is 2.28. The van der Waals surface area contributed by atoms with Crippen molar-refractivity contribution in [3.63, 3.8) is 0 Å². The molecular formula is C12H16F3N5. The van der Waals surface area contributed by atoms with Crippen molar-refractivity contribution in [3.05, 3.63) is 30.4 Å². The fraction of sp³-hybridized carbons (Fsp3) is 0.500. The fourth-order valence-corrected chi connectivity index (χ4v) is 1.78. The molecule has 20 heavy (non-hydrogen) atoms. The maximum Gasteiger partial charge on any atom is 0.408 e. The summed E-state index contributed by atoms with van der Waals surface area (Å²) in [6, 6.07) is 0. The minimum absolute atomic E-state index is 0.412. The molecule has 0 aliphatic heterocycles. The average molecular weight is 287 g/mol. The van der Waals surface area contributed by atoms with Crippen LogP contribution in [0.1, 0.15) is 18.9 Å². The van der Waals surface area contributed by atoms with Crippen molar-refractivity contribution in [1.82, 2.24) is 19.6 Å². The molecule has 0 atom stereocenters. The molecule has 2 rings (SSSR count). The van der Waals surface area contributed by atoms with Gasteiger partial charge >= 0.3 is 6.18 Å². The standard InChI is InChI=1S/C12H16F3N5/c1-2-3-19-8-11(6-18-19)16-4-10-5-17-20(7-10)9-12(13,14)15/h5-8,16H,2-4,9H2,1H3. The number of anilines is 1. The third kappa shape index (κ3) is 4.29. The van der Waals surface area contributed by atoms with Crippen LogP contribution in [0.2, 0.25) is 0 Å². The van der Waals surface area contributed by atoms with Gasteiger partial charge in [-0.15, -0.1) is 0 Å². The minimum atomic E-state index is -4.25. The van der Waals surface area contributed by atoms with Crippen LogP contribution in [-0.2, 0) is 19.6 Å². The van der Waals surface area contributed by atoms with Gasteiger partial charge in [0.15, 0.2) is 0 Å². The van der Waals surface area contributed by atoms with Crippen LogP contribution in [0.5, 0.6) is 0 Å². The summed E-state index contributed by atoms with van der Waals surface area (Å²) >= 11 is 0. The van der Waals surface area contributed by atoms with E-state index in [1.807, 2.05) is 10.9 Å². The number of aryl methyl sites for hydroxylation is 1. The van der Waals surface area contributed by atoms with Gasteiger partial charge in [0.1, 0.15) is 6.54 Å². The normalized spacial score (nSPS) is 11.8. The molecule has 2 aromatic rings. The summed E-state index contributed by atoms with van der Waals surface area (Å²) in [5.74, 6) is 0. The monoisotopic (exact) mass is 287 g/mol. The van der Waals surface area contributed by atoms with Gasteiger partial charge in [0.25, 0.3) is 0 Å². The van der Waals surface area contributed by atoms with Crippen molar-refractivity contribution < 1.29 is 13.2 Å². The lowest BCUT2D eigenvalue weighted by molar-refractivity contribution is -0.142. The van der Waals surface area contributed by atoms with Crippen LogP contribution in [0.3, 0.4) is 0 Å². The minimum Gasteiger partial charge on any atom is -0.378 e. The lowest BCUT2D eigenvalue weighted by Crippen LogP contribution is -2.17. The van der Waals surface area contributed by atoms with Gasteiger partial charge in [-0.1, -0.05) is 6.92 Å². The lowest BCUT2D eigenvalue weighted by atomic mass is 10.3. The Morgan fingerprint density at radius 1 is 1.15 bits per heavy atom. The first-order valence-electron chi connectivity index (χ1n) is 6.30. The van der Waals surface area contributed by atoms with E-state index in [2.05, 4.69) is 22.4 Å². The molecule has 2 heterocycles. The van der Waals surface area contributed by atoms with E-state index in [0.717, 1.165) is 23.3 Å². The fourth-order valence-electron chi connectivity index (χ4n) is 1.78. The van der Waals surface area contributed by atoms with E-state index in [0.29, 0.717) is 12.1 Å². The second-order valence-electron chi connectivity index (χ2n) is 4.51. The Hall–Kier alpha value is -1.99. The molecule has 0 aliphatic carbocycles. The zero-order chi connectivity index (χ0) is 14.6. The SMILES string of the molecule is CCCn1cc(NCc2cnn(CC(F)(F)F)c2)cn1. The van der Waals surface area contributed by atoms with Crippen LogP contribution >= 0.6 is 0 Å². The van der Waals surface area contributed by atoms with Crippen LogP contribution in [0.4, 0.5) is 18.9 Å². The second-order valence-corrected chi connectivity index (χ2v) is 4.51. The molecule has 0 aliphatic rings. The average Bonchev–Trinajstić information content (AvgIpc) is 2.94. The van der Waals surface area contributed by atoms with E-state index >= 15 is 0 Å². The smallest absolute Gasteiger partial charge is 0.378 e. The predicted molar refractivity (Wildman–Crippen MR) is 68.1 cm³/mol. The van der Waals surface area contributed by atoms with Crippen molar-refractivity contribution in [2.24, 2.45) is 0 Å². The van der Waals surface area contributed by atoms with Crippen LogP contribution in [0.25, 0.3) is 0 Å². The molecule has 8 heteroatoms. The summed E-state index contributed by atoms with van der Waals surface area (Å²) in [6.07, 6.45) is 3.11. The highest BCUT2D eigenvalue weighted by Crippen LogP contribution is 2.17. The van der Waals surface area contributed by atoms with Crippen LogP contribution in [0.15, 0.2) is 24.8 Å². The first-order chi connectivity index (χ1) is 9.46.